The van der Waals surface area contributed by atoms with E-state index >= 15 is 0 Å². The summed E-state index contributed by atoms with van der Waals surface area (Å²) in [5.41, 5.74) is 20.3. The number of hydrogen-bond donors (Lipinski definition) is 0. The largest absolute Gasteiger partial charge is 0.456 e. The number of para-hydroxylation sites is 5. The minimum absolute atomic E-state index is 0.00389. The van der Waals surface area contributed by atoms with Gasteiger partial charge in [-0.1, -0.05) is 268 Å². The van der Waals surface area contributed by atoms with E-state index in [4.69, 9.17) is 12.9 Å². The maximum Gasteiger partial charge on any atom is 0.252 e. The van der Waals surface area contributed by atoms with Crippen molar-refractivity contribution in [2.24, 2.45) is 0 Å². The third-order valence-electron chi connectivity index (χ3n) is 22.7. The van der Waals surface area contributed by atoms with E-state index in [1.807, 2.05) is 97.1 Å². The van der Waals surface area contributed by atoms with E-state index in [1.54, 1.807) is 4.57 Å². The van der Waals surface area contributed by atoms with E-state index in [1.165, 1.54) is 11.1 Å². The van der Waals surface area contributed by atoms with Crippen LogP contribution in [0.3, 0.4) is 0 Å². The van der Waals surface area contributed by atoms with Gasteiger partial charge in [0.05, 0.1) is 56.9 Å². The SMILES string of the molecule is [2H]c1c([2H])c([2H])c(-c2ccc3c(c2)N(c2cccc4c2oc2c(-n5c6ccc(C(C)(C)C)cc6c6cc(C(C)(C)C)ccc65)cccc24)c2cc(-c4ccc5oc6ccccc6c5c4)cc4c2B3c2ccc(-n3c5c([2H])c([2H])c([2H])c([2H])c5c5c([2H])c([2H])c([2H])c([2H])c53)cc2N4c2c(-c3ccccc3)cc(C(C)(C)C)cc2-c2ccccc2)c([2H])c1[2H]. The Bertz CT molecular complexity index is 7600. The fraction of sp³-hybridized carbons (Fsp3) is 0.118. The quantitative estimate of drug-likeness (QED) is 0.142. The molecule has 0 amide bonds. The van der Waals surface area contributed by atoms with Crippen molar-refractivity contribution >= 4 is 145 Å². The van der Waals surface area contributed by atoms with Crippen LogP contribution in [0.15, 0.2) is 324 Å². The maximum atomic E-state index is 9.89. The van der Waals surface area contributed by atoms with Gasteiger partial charge in [-0.25, -0.2) is 0 Å². The molecule has 0 fully saturated rings. The predicted octanol–water partition coefficient (Wildman–Crippen LogP) is 26.3. The van der Waals surface area contributed by atoms with Gasteiger partial charge in [0.15, 0.2) is 11.2 Å². The zero-order valence-electron chi connectivity index (χ0n) is 74.7. The Morgan fingerprint density at radius 1 is 0.294 bits per heavy atom. The molecular formula is C102H79BN4O2. The minimum Gasteiger partial charge on any atom is -0.456 e. The molecule has 6 heterocycles. The van der Waals surface area contributed by atoms with E-state index in [0.717, 1.165) is 116 Å². The first-order valence-corrected chi connectivity index (χ1v) is 37.3. The topological polar surface area (TPSA) is 42.6 Å². The van der Waals surface area contributed by atoms with Crippen LogP contribution in [0.5, 0.6) is 0 Å². The molecule has 0 saturated carbocycles. The number of rotatable bonds is 8. The molecule has 7 heteroatoms. The van der Waals surface area contributed by atoms with E-state index in [0.29, 0.717) is 56.4 Å². The highest BCUT2D eigenvalue weighted by atomic mass is 16.3. The van der Waals surface area contributed by atoms with Crippen LogP contribution in [-0.4, -0.2) is 15.8 Å². The van der Waals surface area contributed by atoms with Gasteiger partial charge in [0, 0.05) is 82.7 Å². The van der Waals surface area contributed by atoms with Crippen LogP contribution in [0.1, 0.15) is 96.8 Å². The van der Waals surface area contributed by atoms with Crippen molar-refractivity contribution in [1.29, 1.82) is 0 Å². The van der Waals surface area contributed by atoms with Gasteiger partial charge in [0.1, 0.15) is 11.2 Å². The number of furan rings is 2. The second-order valence-corrected chi connectivity index (χ2v) is 32.3. The van der Waals surface area contributed by atoms with Crippen molar-refractivity contribution in [2.75, 3.05) is 9.80 Å². The van der Waals surface area contributed by atoms with E-state index in [2.05, 4.69) is 216 Å². The summed E-state index contributed by atoms with van der Waals surface area (Å²) >= 11 is 0. The molecule has 0 spiro atoms. The summed E-state index contributed by atoms with van der Waals surface area (Å²) in [6, 6.07) is 75.5. The number of hydrogen-bond acceptors (Lipinski definition) is 4. The third kappa shape index (κ3) is 10.0. The molecule has 0 bridgehead atoms. The summed E-state index contributed by atoms with van der Waals surface area (Å²) in [6.45, 7) is 19.3. The Labute approximate surface area is 653 Å². The van der Waals surface area contributed by atoms with Crippen LogP contribution in [0, 0.1) is 0 Å². The second-order valence-electron chi connectivity index (χ2n) is 32.3. The molecular weight excluding hydrogens is 1320 g/mol. The first kappa shape index (κ1) is 52.2. The average Bonchev–Trinajstić information content (AvgIpc) is 0.858. The smallest absolute Gasteiger partial charge is 0.252 e. The van der Waals surface area contributed by atoms with Gasteiger partial charge < -0.3 is 27.8 Å². The molecule has 15 aromatic carbocycles. The van der Waals surface area contributed by atoms with Crippen molar-refractivity contribution in [1.82, 2.24) is 9.13 Å². The third-order valence-corrected chi connectivity index (χ3v) is 22.7. The zero-order valence-corrected chi connectivity index (χ0v) is 61.7. The standard InChI is InChI=1S/C102H79BN4O2/c1-100(2,3)68-45-50-86-79(57-68)80-58-69(101(4,5)6)46-51-87(80)105(86)88-40-25-36-75-76-37-26-41-89(99(76)109-98(75)88)106-90-54-66(62-27-13-10-14-28-62)43-48-82(90)103-83-49-47-71(104-84-38-22-19-33-72(84)73-34-20-23-39-85(73)104)61-91(83)107(93-56-67(55-92(106)96(93)103)65-44-52-95-81(53-65)74-35-21-24-42-94(74)108-95)97-77(63-29-15-11-16-30-63)59-70(102(7,8)9)60-78(97)64-31-17-12-18-32-64/h10-61H,1-9H3/i10D,13D,14D,19D,20D,22D,23D,27D,28D,33D,34D,38D,39D. The molecule has 2 aliphatic rings. The first-order valence-electron chi connectivity index (χ1n) is 43.8. The van der Waals surface area contributed by atoms with Crippen LogP contribution in [0.25, 0.3) is 143 Å². The first-order chi connectivity index (χ1) is 58.4. The summed E-state index contributed by atoms with van der Waals surface area (Å²) in [7, 11) is 0. The van der Waals surface area contributed by atoms with Crippen LogP contribution >= 0.6 is 0 Å². The van der Waals surface area contributed by atoms with Crippen molar-refractivity contribution < 1.29 is 26.7 Å². The Hall–Kier alpha value is -12.8. The van der Waals surface area contributed by atoms with E-state index in [-0.39, 0.29) is 50.3 Å². The lowest BCUT2D eigenvalue weighted by Gasteiger charge is -2.45. The Morgan fingerprint density at radius 3 is 1.42 bits per heavy atom. The second kappa shape index (κ2) is 23.8. The summed E-state index contributed by atoms with van der Waals surface area (Å²) in [6.07, 6.45) is 0. The Morgan fingerprint density at radius 2 is 0.798 bits per heavy atom. The molecule has 6 nitrogen and oxygen atoms in total. The summed E-state index contributed by atoms with van der Waals surface area (Å²) in [5, 5.41) is 5.59. The highest BCUT2D eigenvalue weighted by molar-refractivity contribution is 7.00. The molecule has 4 aromatic heterocycles. The number of fused-ring (bicyclic) bond motifs is 16. The molecule has 0 aliphatic carbocycles. The molecule has 21 rings (SSSR count). The van der Waals surface area contributed by atoms with Gasteiger partial charge in [-0.15, -0.1) is 0 Å². The van der Waals surface area contributed by atoms with Gasteiger partial charge in [-0.05, 0) is 192 Å². The van der Waals surface area contributed by atoms with E-state index in [9.17, 15) is 13.7 Å². The normalized spacial score (nSPS) is 14.8. The minimum atomic E-state index is -0.744. The maximum absolute atomic E-state index is 9.89. The van der Waals surface area contributed by atoms with Gasteiger partial charge >= 0.3 is 0 Å². The molecule has 0 N–H and O–H groups in total. The van der Waals surface area contributed by atoms with Crippen molar-refractivity contribution in [3.8, 4) is 55.9 Å². The lowest BCUT2D eigenvalue weighted by molar-refractivity contribution is 0.590. The lowest BCUT2D eigenvalue weighted by atomic mass is 9.33. The molecule has 0 saturated heterocycles. The molecule has 0 atom stereocenters. The molecule has 522 valence electrons. The Kier molecular flexibility index (Phi) is 11.4. The van der Waals surface area contributed by atoms with Gasteiger partial charge in [-0.2, -0.15) is 0 Å². The monoisotopic (exact) mass is 1420 g/mol. The lowest BCUT2D eigenvalue weighted by Crippen LogP contribution is -2.61. The zero-order chi connectivity index (χ0) is 84.8. The van der Waals surface area contributed by atoms with Crippen LogP contribution in [0.4, 0.5) is 34.1 Å². The highest BCUT2D eigenvalue weighted by Crippen LogP contribution is 2.55. The molecule has 109 heavy (non-hydrogen) atoms. The van der Waals surface area contributed by atoms with Crippen molar-refractivity contribution in [3.63, 3.8) is 0 Å². The number of nitrogens with zero attached hydrogens (tertiary/aromatic N) is 4. The van der Waals surface area contributed by atoms with Crippen molar-refractivity contribution in [3.05, 3.63) is 332 Å². The highest BCUT2D eigenvalue weighted by Gasteiger charge is 2.46. The van der Waals surface area contributed by atoms with Gasteiger partial charge in [0.2, 0.25) is 0 Å². The number of benzene rings is 15. The molecule has 19 aromatic rings. The van der Waals surface area contributed by atoms with Gasteiger partial charge in [0.25, 0.3) is 6.71 Å². The van der Waals surface area contributed by atoms with E-state index < -0.39 is 78.6 Å². The van der Waals surface area contributed by atoms with Gasteiger partial charge in [-0.3, -0.25) is 0 Å². The average molecular weight is 1420 g/mol. The Balaban J connectivity index is 0.935. The predicted molar refractivity (Wildman–Crippen MR) is 462 cm³/mol. The number of aromatic nitrogens is 2. The fourth-order valence-corrected chi connectivity index (χ4v) is 17.3. The summed E-state index contributed by atoms with van der Waals surface area (Å²) in [4.78, 5) is 4.57. The van der Waals surface area contributed by atoms with Crippen LogP contribution in [-0.2, 0) is 16.2 Å². The van der Waals surface area contributed by atoms with Crippen LogP contribution < -0.4 is 26.2 Å². The van der Waals surface area contributed by atoms with Crippen LogP contribution in [0.2, 0.25) is 0 Å². The molecule has 0 unspecified atom stereocenters. The number of anilines is 6. The van der Waals surface area contributed by atoms with Crippen molar-refractivity contribution in [2.45, 2.75) is 78.6 Å². The molecule has 0 radical (unpaired) electrons. The molecule has 2 aliphatic heterocycles. The fourth-order valence-electron chi connectivity index (χ4n) is 17.3. The summed E-state index contributed by atoms with van der Waals surface area (Å²) in [5.74, 6) is 0. The summed E-state index contributed by atoms with van der Waals surface area (Å²) < 4.78 is 141.